The molecule has 0 unspecified atom stereocenters. The average Bonchev–Trinajstić information content (AvgIpc) is 2.52. The van der Waals surface area contributed by atoms with Gasteiger partial charge in [0.25, 0.3) is 5.91 Å². The van der Waals surface area contributed by atoms with E-state index in [2.05, 4.69) is 5.11 Å². The molecule has 0 radical (unpaired) electrons. The van der Waals surface area contributed by atoms with Gasteiger partial charge in [0.1, 0.15) is 12.4 Å². The number of ketones is 1. The first-order chi connectivity index (χ1) is 10.2. The minimum atomic E-state index is -0.444. The smallest absolute Gasteiger partial charge is 0.264 e. The maximum atomic E-state index is 11.9. The third-order valence-corrected chi connectivity index (χ3v) is 2.90. The van der Waals surface area contributed by atoms with E-state index in [1.54, 1.807) is 31.4 Å². The number of carbonyl (C=O) groups is 2. The fraction of sp³-hybridized carbons (Fsp3) is 0.467. The number of hydrogen-bond donors (Lipinski definition) is 1. The van der Waals surface area contributed by atoms with Crippen LogP contribution in [-0.2, 0) is 9.53 Å². The molecule has 114 valence electrons. The maximum Gasteiger partial charge on any atom is 0.264 e. The summed E-state index contributed by atoms with van der Waals surface area (Å²) in [7, 11) is 1.61. The summed E-state index contributed by atoms with van der Waals surface area (Å²) in [6.45, 7) is 0.989. The molecule has 1 aromatic rings. The lowest BCUT2D eigenvalue weighted by Crippen LogP contribution is -2.04. The number of nitrogens with one attached hydrogen (secondary N) is 1. The van der Waals surface area contributed by atoms with Gasteiger partial charge in [-0.2, -0.15) is 0 Å². The third kappa shape index (κ3) is 6.76. The van der Waals surface area contributed by atoms with E-state index in [1.165, 1.54) is 0 Å². The van der Waals surface area contributed by atoms with Crippen LogP contribution in [0.1, 0.15) is 36.0 Å². The van der Waals surface area contributed by atoms with E-state index in [4.69, 9.17) is 15.0 Å². The normalized spacial score (nSPS) is 10.1. The summed E-state index contributed by atoms with van der Waals surface area (Å²) in [5, 5.41) is 2.81. The van der Waals surface area contributed by atoms with Crippen LogP contribution >= 0.6 is 0 Å². The van der Waals surface area contributed by atoms with Gasteiger partial charge >= 0.3 is 0 Å². The predicted octanol–water partition coefficient (Wildman–Crippen LogP) is 3.01. The molecule has 6 heteroatoms. The molecule has 1 N–H and O–H groups in total. The first-order valence-corrected chi connectivity index (χ1v) is 6.82. The largest absolute Gasteiger partial charge is 0.491 e. The van der Waals surface area contributed by atoms with Crippen LogP contribution in [0.15, 0.2) is 29.4 Å². The molecular formula is C15H20N2O4. The molecule has 0 heterocycles. The fourth-order valence-electron chi connectivity index (χ4n) is 1.74. The molecule has 0 aromatic heterocycles. The molecule has 0 fully saturated rings. The summed E-state index contributed by atoms with van der Waals surface area (Å²) in [6, 6.07) is 6.97. The lowest BCUT2D eigenvalue weighted by Gasteiger charge is -2.06. The second-order valence-corrected chi connectivity index (χ2v) is 4.50. The number of hydrogen-bond acceptors (Lipinski definition) is 5. The minimum Gasteiger partial charge on any atom is -0.491 e. The minimum absolute atomic E-state index is 0.0358. The van der Waals surface area contributed by atoms with Crippen molar-refractivity contribution < 1.29 is 19.1 Å². The van der Waals surface area contributed by atoms with Gasteiger partial charge in [0.2, 0.25) is 0 Å². The van der Waals surface area contributed by atoms with Crippen LogP contribution in [0.5, 0.6) is 5.75 Å². The topological polar surface area (TPSA) is 88.8 Å². The number of benzene rings is 1. The summed E-state index contributed by atoms with van der Waals surface area (Å²) < 4.78 is 10.3. The first-order valence-electron chi connectivity index (χ1n) is 6.82. The molecule has 0 spiro atoms. The van der Waals surface area contributed by atoms with E-state index in [0.29, 0.717) is 43.8 Å². The van der Waals surface area contributed by atoms with Gasteiger partial charge in [-0.1, -0.05) is 0 Å². The van der Waals surface area contributed by atoms with Crippen LogP contribution < -0.4 is 4.74 Å². The highest BCUT2D eigenvalue weighted by Crippen LogP contribution is 2.14. The Morgan fingerprint density at radius 2 is 1.76 bits per heavy atom. The van der Waals surface area contributed by atoms with Gasteiger partial charge in [-0.15, -0.1) is 5.11 Å². The Labute approximate surface area is 124 Å². The van der Waals surface area contributed by atoms with Crippen molar-refractivity contribution >= 4 is 11.7 Å². The third-order valence-electron chi connectivity index (χ3n) is 2.90. The summed E-state index contributed by atoms with van der Waals surface area (Å²) in [5.41, 5.74) is 7.16. The second kappa shape index (κ2) is 9.77. The van der Waals surface area contributed by atoms with Crippen LogP contribution in [0.2, 0.25) is 0 Å². The monoisotopic (exact) mass is 292 g/mol. The van der Waals surface area contributed by atoms with E-state index in [1.807, 2.05) is 0 Å². The maximum absolute atomic E-state index is 11.9. The van der Waals surface area contributed by atoms with Crippen LogP contribution in [0, 0.1) is 5.53 Å². The molecular weight excluding hydrogens is 272 g/mol. The van der Waals surface area contributed by atoms with Gasteiger partial charge in [-0.25, -0.2) is 5.53 Å². The molecule has 0 saturated carbocycles. The van der Waals surface area contributed by atoms with Crippen molar-refractivity contribution in [3.8, 4) is 5.75 Å². The quantitative estimate of drug-likeness (QED) is 0.408. The van der Waals surface area contributed by atoms with Gasteiger partial charge in [-0.05, 0) is 37.1 Å². The van der Waals surface area contributed by atoms with Crippen molar-refractivity contribution in [2.24, 2.45) is 5.11 Å². The zero-order chi connectivity index (χ0) is 15.5. The van der Waals surface area contributed by atoms with E-state index in [-0.39, 0.29) is 12.2 Å². The number of methoxy groups -OCH3 is 1. The lowest BCUT2D eigenvalue weighted by molar-refractivity contribution is -0.118. The Hall–Kier alpha value is -2.08. The molecule has 0 atom stereocenters. The van der Waals surface area contributed by atoms with Crippen LogP contribution in [0.3, 0.4) is 0 Å². The first kappa shape index (κ1) is 17.0. The molecule has 6 nitrogen and oxygen atoms in total. The molecule has 0 aliphatic carbocycles. The average molecular weight is 292 g/mol. The number of ether oxygens (including phenoxy) is 2. The van der Waals surface area contributed by atoms with Crippen molar-refractivity contribution in [3.05, 3.63) is 29.8 Å². The zero-order valence-corrected chi connectivity index (χ0v) is 12.1. The van der Waals surface area contributed by atoms with Crippen LogP contribution in [0.25, 0.3) is 0 Å². The molecule has 1 rings (SSSR count). The Balaban J connectivity index is 2.33. The van der Waals surface area contributed by atoms with Crippen LogP contribution in [-0.4, -0.2) is 32.0 Å². The lowest BCUT2D eigenvalue weighted by atomic mass is 10.0. The number of Topliss-reactive ketones (excluding diaryl/α,β-unsaturated/α-hetero) is 1. The molecule has 0 bridgehead atoms. The predicted molar refractivity (Wildman–Crippen MR) is 76.8 cm³/mol. The highest BCUT2D eigenvalue weighted by atomic mass is 16.5. The number of unbranched alkanes of at least 4 members (excludes halogenated alkanes) is 1. The number of nitrogens with zero attached hydrogens (tertiary/aromatic N) is 1. The van der Waals surface area contributed by atoms with Crippen molar-refractivity contribution in [3.63, 3.8) is 0 Å². The molecule has 21 heavy (non-hydrogen) atoms. The van der Waals surface area contributed by atoms with Gasteiger partial charge in [0.15, 0.2) is 5.78 Å². The highest BCUT2D eigenvalue weighted by molar-refractivity contribution is 5.96. The molecule has 0 aliphatic heterocycles. The Morgan fingerprint density at radius 3 is 2.38 bits per heavy atom. The molecule has 0 saturated heterocycles. The molecule has 1 aromatic carbocycles. The summed E-state index contributed by atoms with van der Waals surface area (Å²) >= 11 is 0. The van der Waals surface area contributed by atoms with Crippen molar-refractivity contribution in [2.45, 2.75) is 25.7 Å². The standard InChI is InChI=1S/C15H20N2O4/c1-20-10-11-21-13-8-6-12(7-9-13)14(18)4-2-3-5-15(19)17-16/h6-9,16H,2-5,10-11H2,1H3. The SMILES string of the molecule is COCCOc1ccc(C(=O)CCCCC(=O)N=N)cc1. The van der Waals surface area contributed by atoms with Crippen molar-refractivity contribution in [1.29, 1.82) is 5.53 Å². The van der Waals surface area contributed by atoms with Gasteiger partial charge < -0.3 is 9.47 Å². The van der Waals surface area contributed by atoms with Gasteiger partial charge in [-0.3, -0.25) is 9.59 Å². The number of carbonyl (C=O) groups excluding carboxylic acids is 2. The highest BCUT2D eigenvalue weighted by Gasteiger charge is 2.07. The zero-order valence-electron chi connectivity index (χ0n) is 12.1. The van der Waals surface area contributed by atoms with Crippen molar-refractivity contribution in [2.75, 3.05) is 20.3 Å². The summed E-state index contributed by atoms with van der Waals surface area (Å²) in [5.74, 6) is 0.292. The number of amides is 1. The van der Waals surface area contributed by atoms with Gasteiger partial charge in [0, 0.05) is 25.5 Å². The van der Waals surface area contributed by atoms with E-state index < -0.39 is 5.91 Å². The Kier molecular flexibility index (Phi) is 7.89. The van der Waals surface area contributed by atoms with E-state index in [9.17, 15) is 9.59 Å². The molecule has 1 amide bonds. The van der Waals surface area contributed by atoms with Gasteiger partial charge in [0.05, 0.1) is 6.61 Å². The summed E-state index contributed by atoms with van der Waals surface area (Å²) in [6.07, 6.45) is 1.80. The van der Waals surface area contributed by atoms with Crippen LogP contribution in [0.4, 0.5) is 0 Å². The number of rotatable bonds is 10. The van der Waals surface area contributed by atoms with E-state index in [0.717, 1.165) is 0 Å². The second-order valence-electron chi connectivity index (χ2n) is 4.50. The van der Waals surface area contributed by atoms with E-state index >= 15 is 0 Å². The Bertz CT molecular complexity index is 471. The summed E-state index contributed by atoms with van der Waals surface area (Å²) in [4.78, 5) is 22.7. The molecule has 0 aliphatic rings. The fourth-order valence-corrected chi connectivity index (χ4v) is 1.74. The van der Waals surface area contributed by atoms with Crippen molar-refractivity contribution in [1.82, 2.24) is 0 Å². The Morgan fingerprint density at radius 1 is 1.10 bits per heavy atom.